The van der Waals surface area contributed by atoms with Crippen molar-refractivity contribution in [3.05, 3.63) is 53.5 Å². The third-order valence-corrected chi connectivity index (χ3v) is 9.85. The fraction of sp³-hybridized carbons (Fsp3) is 0.533. The normalized spacial score (nSPS) is 34.5. The minimum Gasteiger partial charge on any atom is -0.504 e. The lowest BCUT2D eigenvalue weighted by Crippen LogP contribution is -2.69. The van der Waals surface area contributed by atoms with E-state index in [9.17, 15) is 14.7 Å². The Labute approximate surface area is 222 Å². The summed E-state index contributed by atoms with van der Waals surface area (Å²) in [7, 11) is 1.87. The molecule has 7 rings (SSSR count). The van der Waals surface area contributed by atoms with Crippen LogP contribution in [0.25, 0.3) is 6.08 Å². The van der Waals surface area contributed by atoms with Crippen molar-refractivity contribution in [1.29, 1.82) is 0 Å². The number of nitrogens with zero attached hydrogens (tertiary/aromatic N) is 2. The molecule has 2 aromatic rings. The highest BCUT2D eigenvalue weighted by molar-refractivity contribution is 5.91. The Morgan fingerprint density at radius 2 is 2.16 bits per heavy atom. The number of esters is 1. The molecule has 8 nitrogen and oxygen atoms in total. The standard InChI is InChI=1S/C30H34N2O6/c1-17(33)37-25-14-20(25)15-32-11-10-30-21-5-6-22(31(2)26(35)8-3-18-9-12-36-16-18)29(30)38-28-24(34)7-4-19(27(28)30)13-23(21)32/h3-4,7-9,12,16,20-23,25,29,34H,5-6,10-11,13-15H2,1-2H3/t20?,21-,22+,23+,25?,29-,30-/m0/s1. The molecule has 1 spiro atoms. The lowest BCUT2D eigenvalue weighted by Gasteiger charge is -2.60. The first kappa shape index (κ1) is 23.8. The highest BCUT2D eigenvalue weighted by atomic mass is 16.5. The van der Waals surface area contributed by atoms with E-state index in [0.29, 0.717) is 23.6 Å². The molecular formula is C30H34N2O6. The zero-order valence-electron chi connectivity index (χ0n) is 21.8. The van der Waals surface area contributed by atoms with Crippen LogP contribution >= 0.6 is 0 Å². The highest BCUT2D eigenvalue weighted by Crippen LogP contribution is 2.64. The molecule has 7 atom stereocenters. The molecule has 2 saturated carbocycles. The number of ether oxygens (including phenoxy) is 2. The van der Waals surface area contributed by atoms with Crippen LogP contribution in [-0.4, -0.2) is 71.2 Å². The van der Waals surface area contributed by atoms with E-state index >= 15 is 0 Å². The number of rotatable bonds is 6. The lowest BCUT2D eigenvalue weighted by molar-refractivity contribution is -0.142. The Balaban J connectivity index is 1.18. The van der Waals surface area contributed by atoms with Crippen LogP contribution in [0.1, 0.15) is 49.3 Å². The summed E-state index contributed by atoms with van der Waals surface area (Å²) in [5.74, 6) is 1.36. The highest BCUT2D eigenvalue weighted by Gasteiger charge is 2.66. The van der Waals surface area contributed by atoms with Crippen LogP contribution < -0.4 is 4.74 Å². The van der Waals surface area contributed by atoms with Gasteiger partial charge in [-0.3, -0.25) is 14.5 Å². The summed E-state index contributed by atoms with van der Waals surface area (Å²) in [6.45, 7) is 3.37. The molecule has 2 unspecified atom stereocenters. The van der Waals surface area contributed by atoms with Gasteiger partial charge in [-0.15, -0.1) is 0 Å². The van der Waals surface area contributed by atoms with Crippen molar-refractivity contribution >= 4 is 18.0 Å². The van der Waals surface area contributed by atoms with E-state index in [2.05, 4.69) is 11.0 Å². The number of furan rings is 1. The fourth-order valence-electron chi connectivity index (χ4n) is 8.11. The maximum absolute atomic E-state index is 13.2. The average molecular weight is 519 g/mol. The summed E-state index contributed by atoms with van der Waals surface area (Å²) in [4.78, 5) is 29.1. The predicted molar refractivity (Wildman–Crippen MR) is 139 cm³/mol. The number of likely N-dealkylation sites (N-methyl/N-ethyl adjacent to an activating group) is 1. The molecule has 2 bridgehead atoms. The monoisotopic (exact) mass is 518 g/mol. The van der Waals surface area contributed by atoms with Gasteiger partial charge in [-0.2, -0.15) is 0 Å². The Morgan fingerprint density at radius 3 is 2.95 bits per heavy atom. The molecule has 200 valence electrons. The minimum absolute atomic E-state index is 0.0517. The second kappa shape index (κ2) is 8.63. The molecular weight excluding hydrogens is 484 g/mol. The average Bonchev–Trinajstić information content (AvgIpc) is 3.27. The van der Waals surface area contributed by atoms with Crippen LogP contribution in [0.15, 0.2) is 41.2 Å². The Hall–Kier alpha value is -3.26. The van der Waals surface area contributed by atoms with Gasteiger partial charge in [0.1, 0.15) is 12.2 Å². The van der Waals surface area contributed by atoms with E-state index < -0.39 is 0 Å². The number of amides is 1. The Bertz CT molecular complexity index is 1300. The first-order chi connectivity index (χ1) is 18.4. The van der Waals surface area contributed by atoms with Crippen molar-refractivity contribution < 1.29 is 28.6 Å². The molecule has 2 aliphatic heterocycles. The van der Waals surface area contributed by atoms with Crippen molar-refractivity contribution in [2.45, 2.75) is 68.7 Å². The summed E-state index contributed by atoms with van der Waals surface area (Å²) in [6.07, 6.45) is 11.1. The van der Waals surface area contributed by atoms with Crippen molar-refractivity contribution in [3.63, 3.8) is 0 Å². The molecule has 1 saturated heterocycles. The van der Waals surface area contributed by atoms with Crippen LogP contribution in [0.4, 0.5) is 0 Å². The Kier molecular flexibility index (Phi) is 5.41. The number of hydrogen-bond acceptors (Lipinski definition) is 7. The van der Waals surface area contributed by atoms with Crippen molar-refractivity contribution in [2.75, 3.05) is 20.1 Å². The maximum Gasteiger partial charge on any atom is 0.302 e. The zero-order chi connectivity index (χ0) is 26.2. The molecule has 1 aromatic carbocycles. The van der Waals surface area contributed by atoms with Crippen molar-refractivity contribution in [2.24, 2.45) is 11.8 Å². The molecule has 1 aromatic heterocycles. The molecule has 3 aliphatic carbocycles. The van der Waals surface area contributed by atoms with Gasteiger partial charge in [-0.05, 0) is 68.3 Å². The van der Waals surface area contributed by atoms with Gasteiger partial charge in [0.05, 0.1) is 18.6 Å². The summed E-state index contributed by atoms with van der Waals surface area (Å²) in [6, 6.07) is 5.94. The summed E-state index contributed by atoms with van der Waals surface area (Å²) in [5, 5.41) is 10.8. The largest absolute Gasteiger partial charge is 0.504 e. The van der Waals surface area contributed by atoms with Crippen molar-refractivity contribution in [1.82, 2.24) is 9.80 Å². The van der Waals surface area contributed by atoms with Gasteiger partial charge in [0, 0.05) is 55.1 Å². The summed E-state index contributed by atoms with van der Waals surface area (Å²) in [5.41, 5.74) is 3.08. The second-order valence-corrected chi connectivity index (χ2v) is 11.8. The van der Waals surface area contributed by atoms with Gasteiger partial charge in [0.15, 0.2) is 11.5 Å². The smallest absolute Gasteiger partial charge is 0.302 e. The van der Waals surface area contributed by atoms with Crippen LogP contribution in [-0.2, 0) is 26.2 Å². The number of phenols is 1. The molecule has 8 heteroatoms. The lowest BCUT2D eigenvalue weighted by atomic mass is 9.51. The molecule has 5 aliphatic rings. The topological polar surface area (TPSA) is 92.5 Å². The van der Waals surface area contributed by atoms with Crippen molar-refractivity contribution in [3.8, 4) is 11.5 Å². The van der Waals surface area contributed by atoms with Gasteiger partial charge in [-0.1, -0.05) is 6.07 Å². The zero-order valence-corrected chi connectivity index (χ0v) is 21.8. The number of hydrogen-bond donors (Lipinski definition) is 1. The number of piperidine rings is 1. The third-order valence-electron chi connectivity index (χ3n) is 9.85. The third kappa shape index (κ3) is 3.52. The second-order valence-electron chi connectivity index (χ2n) is 11.8. The molecule has 0 radical (unpaired) electrons. The first-order valence-electron chi connectivity index (χ1n) is 13.8. The van der Waals surface area contributed by atoms with Crippen LogP contribution in [0.5, 0.6) is 11.5 Å². The first-order valence-corrected chi connectivity index (χ1v) is 13.8. The van der Waals surface area contributed by atoms with Crippen LogP contribution in [0, 0.1) is 11.8 Å². The minimum atomic E-state index is -0.215. The van der Waals surface area contributed by atoms with Gasteiger partial charge in [-0.25, -0.2) is 0 Å². The van der Waals surface area contributed by atoms with E-state index in [-0.39, 0.29) is 41.3 Å². The van der Waals surface area contributed by atoms with Gasteiger partial charge in [0.2, 0.25) is 5.91 Å². The molecule has 1 amide bonds. The molecule has 1 N–H and O–H groups in total. The van der Waals surface area contributed by atoms with E-state index in [4.69, 9.17) is 13.9 Å². The van der Waals surface area contributed by atoms with Gasteiger partial charge < -0.3 is 23.9 Å². The predicted octanol–water partition coefficient (Wildman–Crippen LogP) is 3.52. The summed E-state index contributed by atoms with van der Waals surface area (Å²) >= 11 is 0. The SMILES string of the molecule is CC(=O)OC1CC1CN1CC[C@]23c4c5ccc(O)c4O[C@H]2[C@H](N(C)C(=O)C=Cc2ccoc2)CC[C@H]3[C@H]1C5. The van der Waals surface area contributed by atoms with E-state index in [1.165, 1.54) is 18.1 Å². The van der Waals surface area contributed by atoms with Crippen LogP contribution in [0.3, 0.4) is 0 Å². The van der Waals surface area contributed by atoms with E-state index in [1.54, 1.807) is 30.7 Å². The fourth-order valence-corrected chi connectivity index (χ4v) is 8.11. The number of phenolic OH excluding ortho intramolecular Hbond substituents is 1. The van der Waals surface area contributed by atoms with E-state index in [0.717, 1.165) is 50.8 Å². The molecule has 3 fully saturated rings. The van der Waals surface area contributed by atoms with E-state index in [1.807, 2.05) is 18.0 Å². The number of carbonyl (C=O) groups excluding carboxylic acids is 2. The number of benzene rings is 1. The number of likely N-dealkylation sites (tertiary alicyclic amines) is 1. The molecule has 38 heavy (non-hydrogen) atoms. The Morgan fingerprint density at radius 1 is 1.29 bits per heavy atom. The molecule has 3 heterocycles. The van der Waals surface area contributed by atoms with Crippen LogP contribution in [0.2, 0.25) is 0 Å². The maximum atomic E-state index is 13.2. The van der Waals surface area contributed by atoms with Gasteiger partial charge >= 0.3 is 5.97 Å². The number of carbonyl (C=O) groups is 2. The summed E-state index contributed by atoms with van der Waals surface area (Å²) < 4.78 is 17.3. The quantitative estimate of drug-likeness (QED) is 0.462. The van der Waals surface area contributed by atoms with Gasteiger partial charge in [0.25, 0.3) is 0 Å². The number of aromatic hydroxyl groups is 1.